The topological polar surface area (TPSA) is 45.0 Å². The summed E-state index contributed by atoms with van der Waals surface area (Å²) in [6.07, 6.45) is 1.78. The van der Waals surface area contributed by atoms with Crippen LogP contribution in [0, 0.1) is 17.1 Å². The Morgan fingerprint density at radius 3 is 2.94 bits per heavy atom. The standard InChI is InChI=1S/C13H15FN2O/c1-9(7-15)17-13-5-2-10(6-12(13)14)8-16-11-3-4-11/h2,5-6,9,11,16H,3-4,8H2,1H3. The summed E-state index contributed by atoms with van der Waals surface area (Å²) in [6, 6.07) is 7.35. The Labute approximate surface area is 100 Å². The van der Waals surface area contributed by atoms with Crippen LogP contribution in [0.4, 0.5) is 4.39 Å². The van der Waals surface area contributed by atoms with Crippen LogP contribution in [0.3, 0.4) is 0 Å². The summed E-state index contributed by atoms with van der Waals surface area (Å²) in [5.74, 6) is -0.281. The second-order valence-electron chi connectivity index (χ2n) is 4.31. The molecular formula is C13H15FN2O. The average molecular weight is 234 g/mol. The fourth-order valence-electron chi connectivity index (χ4n) is 1.52. The number of rotatable bonds is 5. The van der Waals surface area contributed by atoms with Crippen LogP contribution < -0.4 is 10.1 Å². The van der Waals surface area contributed by atoms with Crippen molar-refractivity contribution in [1.82, 2.24) is 5.32 Å². The van der Waals surface area contributed by atoms with Crippen molar-refractivity contribution >= 4 is 0 Å². The van der Waals surface area contributed by atoms with Gasteiger partial charge in [0, 0.05) is 12.6 Å². The Balaban J connectivity index is 1.97. The SMILES string of the molecule is CC(C#N)Oc1ccc(CNC2CC2)cc1F. The zero-order valence-electron chi connectivity index (χ0n) is 9.74. The molecule has 0 saturated heterocycles. The van der Waals surface area contributed by atoms with Crippen LogP contribution in [-0.2, 0) is 6.54 Å². The van der Waals surface area contributed by atoms with Gasteiger partial charge in [-0.15, -0.1) is 0 Å². The van der Waals surface area contributed by atoms with E-state index < -0.39 is 11.9 Å². The predicted molar refractivity (Wildman–Crippen MR) is 62.0 cm³/mol. The molecule has 1 fully saturated rings. The number of hydrogen-bond donors (Lipinski definition) is 1. The Kier molecular flexibility index (Phi) is 3.60. The van der Waals surface area contributed by atoms with E-state index in [1.807, 2.05) is 12.1 Å². The van der Waals surface area contributed by atoms with E-state index in [2.05, 4.69) is 5.32 Å². The highest BCUT2D eigenvalue weighted by molar-refractivity contribution is 5.30. The highest BCUT2D eigenvalue weighted by Gasteiger charge is 2.20. The van der Waals surface area contributed by atoms with E-state index >= 15 is 0 Å². The van der Waals surface area contributed by atoms with Gasteiger partial charge in [-0.3, -0.25) is 0 Å². The van der Waals surface area contributed by atoms with E-state index in [-0.39, 0.29) is 5.75 Å². The number of halogens is 1. The van der Waals surface area contributed by atoms with E-state index in [0.29, 0.717) is 12.6 Å². The van der Waals surface area contributed by atoms with E-state index in [1.165, 1.54) is 18.9 Å². The van der Waals surface area contributed by atoms with Crippen LogP contribution >= 0.6 is 0 Å². The molecule has 90 valence electrons. The highest BCUT2D eigenvalue weighted by atomic mass is 19.1. The quantitative estimate of drug-likeness (QED) is 0.850. The van der Waals surface area contributed by atoms with Gasteiger partial charge in [-0.05, 0) is 37.5 Å². The largest absolute Gasteiger partial charge is 0.473 e. The van der Waals surface area contributed by atoms with Crippen molar-refractivity contribution in [2.24, 2.45) is 0 Å². The third-order valence-corrected chi connectivity index (χ3v) is 2.65. The molecule has 1 aromatic rings. The maximum atomic E-state index is 13.6. The molecule has 0 heterocycles. The van der Waals surface area contributed by atoms with Crippen molar-refractivity contribution in [1.29, 1.82) is 5.26 Å². The summed E-state index contributed by atoms with van der Waals surface area (Å²) < 4.78 is 18.8. The fraction of sp³-hybridized carbons (Fsp3) is 0.462. The van der Waals surface area contributed by atoms with Gasteiger partial charge in [0.1, 0.15) is 6.07 Å². The first-order chi connectivity index (χ1) is 8.19. The minimum atomic E-state index is -0.639. The summed E-state index contributed by atoms with van der Waals surface area (Å²) in [6.45, 7) is 2.26. The number of benzene rings is 1. The molecule has 0 spiro atoms. The van der Waals surface area contributed by atoms with Crippen molar-refractivity contribution in [3.63, 3.8) is 0 Å². The lowest BCUT2D eigenvalue weighted by Crippen LogP contribution is -2.15. The van der Waals surface area contributed by atoms with Gasteiger partial charge in [-0.2, -0.15) is 5.26 Å². The average Bonchev–Trinajstić information content (AvgIpc) is 3.13. The Bertz CT molecular complexity index is 438. The molecule has 3 nitrogen and oxygen atoms in total. The van der Waals surface area contributed by atoms with Gasteiger partial charge >= 0.3 is 0 Å². The number of ether oxygens (including phenoxy) is 1. The van der Waals surface area contributed by atoms with Crippen LogP contribution in [-0.4, -0.2) is 12.1 Å². The van der Waals surface area contributed by atoms with Gasteiger partial charge in [0.05, 0.1) is 0 Å². The molecule has 2 rings (SSSR count). The van der Waals surface area contributed by atoms with Gasteiger partial charge in [0.2, 0.25) is 0 Å². The minimum Gasteiger partial charge on any atom is -0.473 e. The van der Waals surface area contributed by atoms with Crippen molar-refractivity contribution in [3.05, 3.63) is 29.6 Å². The minimum absolute atomic E-state index is 0.134. The summed E-state index contributed by atoms with van der Waals surface area (Å²) in [5.41, 5.74) is 0.895. The van der Waals surface area contributed by atoms with E-state index in [1.54, 1.807) is 13.0 Å². The molecule has 1 unspecified atom stereocenters. The molecule has 1 aliphatic rings. The van der Waals surface area contributed by atoms with Crippen molar-refractivity contribution in [3.8, 4) is 11.8 Å². The zero-order chi connectivity index (χ0) is 12.3. The van der Waals surface area contributed by atoms with Gasteiger partial charge in [0.15, 0.2) is 17.7 Å². The van der Waals surface area contributed by atoms with Crippen LogP contribution in [0.5, 0.6) is 5.75 Å². The summed E-state index contributed by atoms with van der Waals surface area (Å²) >= 11 is 0. The molecule has 1 aliphatic carbocycles. The molecule has 0 aliphatic heterocycles. The molecule has 1 aromatic carbocycles. The fourth-order valence-corrected chi connectivity index (χ4v) is 1.52. The number of nitrogens with one attached hydrogen (secondary N) is 1. The summed E-state index contributed by atoms with van der Waals surface area (Å²) in [4.78, 5) is 0. The van der Waals surface area contributed by atoms with Gasteiger partial charge in [0.25, 0.3) is 0 Å². The van der Waals surface area contributed by atoms with Crippen LogP contribution in [0.15, 0.2) is 18.2 Å². The Hall–Kier alpha value is -1.60. The first-order valence-electron chi connectivity index (χ1n) is 5.77. The molecule has 1 saturated carbocycles. The van der Waals surface area contributed by atoms with Crippen molar-refractivity contribution in [2.45, 2.75) is 38.5 Å². The maximum absolute atomic E-state index is 13.6. The lowest BCUT2D eigenvalue weighted by molar-refractivity contribution is 0.263. The van der Waals surface area contributed by atoms with Gasteiger partial charge < -0.3 is 10.1 Å². The smallest absolute Gasteiger partial charge is 0.181 e. The summed E-state index contributed by atoms with van der Waals surface area (Å²) in [7, 11) is 0. The molecule has 0 radical (unpaired) electrons. The third kappa shape index (κ3) is 3.43. The van der Waals surface area contributed by atoms with E-state index in [4.69, 9.17) is 10.00 Å². The lowest BCUT2D eigenvalue weighted by atomic mass is 10.2. The van der Waals surface area contributed by atoms with Crippen LogP contribution in [0.2, 0.25) is 0 Å². The van der Waals surface area contributed by atoms with Crippen molar-refractivity contribution in [2.75, 3.05) is 0 Å². The van der Waals surface area contributed by atoms with Crippen molar-refractivity contribution < 1.29 is 9.13 Å². The normalized spacial score (nSPS) is 16.3. The van der Waals surface area contributed by atoms with E-state index in [9.17, 15) is 4.39 Å². The number of hydrogen-bond acceptors (Lipinski definition) is 3. The first-order valence-corrected chi connectivity index (χ1v) is 5.77. The second kappa shape index (κ2) is 5.15. The molecular weight excluding hydrogens is 219 g/mol. The zero-order valence-corrected chi connectivity index (χ0v) is 9.74. The van der Waals surface area contributed by atoms with Gasteiger partial charge in [-0.1, -0.05) is 6.07 Å². The maximum Gasteiger partial charge on any atom is 0.181 e. The molecule has 4 heteroatoms. The highest BCUT2D eigenvalue weighted by Crippen LogP contribution is 2.22. The number of nitrogens with zero attached hydrogens (tertiary/aromatic N) is 1. The molecule has 0 amide bonds. The third-order valence-electron chi connectivity index (χ3n) is 2.65. The molecule has 0 bridgehead atoms. The first kappa shape index (κ1) is 11.9. The molecule has 17 heavy (non-hydrogen) atoms. The monoisotopic (exact) mass is 234 g/mol. The molecule has 1 atom stereocenters. The molecule has 1 N–H and O–H groups in total. The van der Waals surface area contributed by atoms with E-state index in [0.717, 1.165) is 5.56 Å². The second-order valence-corrected chi connectivity index (χ2v) is 4.31. The molecule has 0 aromatic heterocycles. The Morgan fingerprint density at radius 2 is 2.35 bits per heavy atom. The lowest BCUT2D eigenvalue weighted by Gasteiger charge is -2.10. The number of nitriles is 1. The van der Waals surface area contributed by atoms with Crippen LogP contribution in [0.25, 0.3) is 0 Å². The van der Waals surface area contributed by atoms with Gasteiger partial charge in [-0.25, -0.2) is 4.39 Å². The summed E-state index contributed by atoms with van der Waals surface area (Å²) in [5, 5.41) is 11.9. The van der Waals surface area contributed by atoms with Crippen LogP contribution in [0.1, 0.15) is 25.3 Å². The predicted octanol–water partition coefficient (Wildman–Crippen LogP) is 2.37. The Morgan fingerprint density at radius 1 is 1.59 bits per heavy atom.